The van der Waals surface area contributed by atoms with Crippen molar-refractivity contribution in [1.29, 1.82) is 0 Å². The summed E-state index contributed by atoms with van der Waals surface area (Å²) in [6, 6.07) is -0.510. The molecule has 0 aromatic rings. The van der Waals surface area contributed by atoms with Crippen LogP contribution in [0.25, 0.3) is 0 Å². The van der Waals surface area contributed by atoms with Crippen LogP contribution in [0.2, 0.25) is 0 Å². The highest BCUT2D eigenvalue weighted by atomic mass is 16.6. The number of hydrogen-bond donors (Lipinski definition) is 1. The Kier molecular flexibility index (Phi) is 6.64. The maximum Gasteiger partial charge on any atom is 0.329 e. The zero-order chi connectivity index (χ0) is 16.9. The number of rotatable bonds is 6. The molecule has 4 heteroatoms. The number of ether oxygens (including phenoxy) is 1. The van der Waals surface area contributed by atoms with Gasteiger partial charge in [-0.1, -0.05) is 39.3 Å². The fourth-order valence-corrected chi connectivity index (χ4v) is 2.87. The molecule has 0 bridgehead atoms. The Labute approximate surface area is 134 Å². The normalized spacial score (nSPS) is 25.8. The minimum Gasteiger partial charge on any atom is -0.458 e. The van der Waals surface area contributed by atoms with Crippen molar-refractivity contribution in [1.82, 2.24) is 5.32 Å². The zero-order valence-electron chi connectivity index (χ0n) is 14.8. The first-order valence-electron chi connectivity index (χ1n) is 8.35. The minimum atomic E-state index is -0.534. The van der Waals surface area contributed by atoms with Gasteiger partial charge in [-0.2, -0.15) is 0 Å². The summed E-state index contributed by atoms with van der Waals surface area (Å²) in [5.41, 5.74) is -0.534. The fourth-order valence-electron chi connectivity index (χ4n) is 2.87. The molecule has 3 atom stereocenters. The lowest BCUT2D eigenvalue weighted by Crippen LogP contribution is -2.41. The topological polar surface area (TPSA) is 55.4 Å². The van der Waals surface area contributed by atoms with Crippen molar-refractivity contribution in [3.63, 3.8) is 0 Å². The van der Waals surface area contributed by atoms with Crippen LogP contribution >= 0.6 is 0 Å². The van der Waals surface area contributed by atoms with E-state index in [1.165, 1.54) is 0 Å². The number of carbonyl (C=O) groups excluding carboxylic acids is 2. The van der Waals surface area contributed by atoms with E-state index in [1.54, 1.807) is 0 Å². The van der Waals surface area contributed by atoms with E-state index in [2.05, 4.69) is 38.2 Å². The summed E-state index contributed by atoms with van der Waals surface area (Å²) in [7, 11) is 0. The molecule has 1 rings (SSSR count). The van der Waals surface area contributed by atoms with E-state index in [0.717, 1.165) is 12.8 Å². The maximum absolute atomic E-state index is 12.4. The molecule has 1 saturated heterocycles. The molecular formula is C18H31NO3. The van der Waals surface area contributed by atoms with Gasteiger partial charge in [0.25, 0.3) is 0 Å². The number of esters is 1. The Bertz CT molecular complexity index is 421. The van der Waals surface area contributed by atoms with E-state index in [1.807, 2.05) is 20.8 Å². The molecule has 0 unspecified atom stereocenters. The lowest BCUT2D eigenvalue weighted by Gasteiger charge is -2.25. The van der Waals surface area contributed by atoms with Crippen LogP contribution in [0.3, 0.4) is 0 Å². The first-order chi connectivity index (χ1) is 10.2. The molecule has 22 heavy (non-hydrogen) atoms. The summed E-state index contributed by atoms with van der Waals surface area (Å²) in [5.74, 6) is 0.0183. The molecule has 4 nitrogen and oxygen atoms in total. The second-order valence-electron chi connectivity index (χ2n) is 7.49. The van der Waals surface area contributed by atoms with E-state index >= 15 is 0 Å². The van der Waals surface area contributed by atoms with Crippen molar-refractivity contribution in [3.8, 4) is 0 Å². The molecule has 1 heterocycles. The number of amides is 1. The van der Waals surface area contributed by atoms with Gasteiger partial charge in [-0.25, -0.2) is 4.79 Å². The highest BCUT2D eigenvalue weighted by Crippen LogP contribution is 2.32. The summed E-state index contributed by atoms with van der Waals surface area (Å²) < 4.78 is 5.47. The zero-order valence-corrected chi connectivity index (χ0v) is 14.8. The molecule has 1 aliphatic heterocycles. The first kappa shape index (κ1) is 18.7. The highest BCUT2D eigenvalue weighted by Gasteiger charge is 2.45. The third kappa shape index (κ3) is 5.47. The van der Waals surface area contributed by atoms with Crippen LogP contribution in [-0.2, 0) is 14.3 Å². The predicted molar refractivity (Wildman–Crippen MR) is 88.3 cm³/mol. The maximum atomic E-state index is 12.4. The van der Waals surface area contributed by atoms with Gasteiger partial charge in [-0.3, -0.25) is 4.79 Å². The largest absolute Gasteiger partial charge is 0.458 e. The molecule has 126 valence electrons. The monoisotopic (exact) mass is 309 g/mol. The van der Waals surface area contributed by atoms with E-state index < -0.39 is 11.6 Å². The van der Waals surface area contributed by atoms with E-state index in [-0.39, 0.29) is 23.7 Å². The Balaban J connectivity index is 2.83. The van der Waals surface area contributed by atoms with Crippen molar-refractivity contribution in [2.75, 3.05) is 0 Å². The van der Waals surface area contributed by atoms with Crippen LogP contribution in [0.4, 0.5) is 0 Å². The van der Waals surface area contributed by atoms with Crippen molar-refractivity contribution in [3.05, 3.63) is 12.2 Å². The third-order valence-electron chi connectivity index (χ3n) is 3.77. The van der Waals surface area contributed by atoms with Crippen LogP contribution in [0.1, 0.15) is 60.8 Å². The average molecular weight is 309 g/mol. The molecule has 0 aromatic carbocycles. The molecule has 0 saturated carbocycles. The first-order valence-corrected chi connectivity index (χ1v) is 8.35. The Morgan fingerprint density at radius 1 is 1.36 bits per heavy atom. The van der Waals surface area contributed by atoms with Crippen molar-refractivity contribution in [2.45, 2.75) is 72.4 Å². The Morgan fingerprint density at radius 2 is 2.00 bits per heavy atom. The lowest BCUT2D eigenvalue weighted by atomic mass is 9.84. The fraction of sp³-hybridized carbons (Fsp3) is 0.778. The summed E-state index contributed by atoms with van der Waals surface area (Å²) in [4.78, 5) is 24.6. The Morgan fingerprint density at radius 3 is 2.50 bits per heavy atom. The standard InChI is InChI=1S/C18H31NO3/c1-7-9-13-14(11-8-10-12(2)3)16(20)19-15(13)17(21)22-18(4,5)6/h8,10,12-15H,7,9,11H2,1-6H3,(H,19,20)/b10-8+/t13-,14+,15-/m0/s1. The molecule has 1 amide bonds. The van der Waals surface area contributed by atoms with E-state index in [4.69, 9.17) is 4.74 Å². The molecule has 1 aliphatic rings. The van der Waals surface area contributed by atoms with Crippen molar-refractivity contribution >= 4 is 11.9 Å². The van der Waals surface area contributed by atoms with Crippen LogP contribution in [0, 0.1) is 17.8 Å². The van der Waals surface area contributed by atoms with Crippen LogP contribution in [0.15, 0.2) is 12.2 Å². The number of allylic oxidation sites excluding steroid dienone is 2. The van der Waals surface area contributed by atoms with Gasteiger partial charge in [0, 0.05) is 11.8 Å². The quantitative estimate of drug-likeness (QED) is 0.604. The Hall–Kier alpha value is -1.32. The van der Waals surface area contributed by atoms with Gasteiger partial charge in [-0.15, -0.1) is 0 Å². The summed E-state index contributed by atoms with van der Waals surface area (Å²) in [6.45, 7) is 11.8. The highest BCUT2D eigenvalue weighted by molar-refractivity contribution is 5.90. The smallest absolute Gasteiger partial charge is 0.329 e. The third-order valence-corrected chi connectivity index (χ3v) is 3.77. The number of carbonyl (C=O) groups is 2. The minimum absolute atomic E-state index is 0.0177. The van der Waals surface area contributed by atoms with Crippen molar-refractivity contribution in [2.24, 2.45) is 17.8 Å². The average Bonchev–Trinajstić information content (AvgIpc) is 2.65. The number of hydrogen-bond acceptors (Lipinski definition) is 3. The van der Waals surface area contributed by atoms with Gasteiger partial charge in [0.15, 0.2) is 0 Å². The number of nitrogens with one attached hydrogen (secondary N) is 1. The van der Waals surface area contributed by atoms with E-state index in [0.29, 0.717) is 12.3 Å². The predicted octanol–water partition coefficient (Wildman–Crippen LogP) is 3.46. The van der Waals surface area contributed by atoms with Gasteiger partial charge in [-0.05, 0) is 39.5 Å². The second kappa shape index (κ2) is 7.80. The summed E-state index contributed by atoms with van der Waals surface area (Å²) in [5, 5.41) is 2.85. The van der Waals surface area contributed by atoms with Gasteiger partial charge >= 0.3 is 5.97 Å². The molecule has 0 radical (unpaired) electrons. The van der Waals surface area contributed by atoms with E-state index in [9.17, 15) is 9.59 Å². The van der Waals surface area contributed by atoms with Crippen LogP contribution < -0.4 is 5.32 Å². The SMILES string of the molecule is CCC[C@@H]1[C@@H](C(=O)OC(C)(C)C)NC(=O)[C@@H]1C/C=C/C(C)C. The van der Waals surface area contributed by atoms with Gasteiger partial charge < -0.3 is 10.1 Å². The van der Waals surface area contributed by atoms with Gasteiger partial charge in [0.05, 0.1) is 0 Å². The molecule has 0 spiro atoms. The molecule has 0 aromatic heterocycles. The van der Waals surface area contributed by atoms with Gasteiger partial charge in [0.1, 0.15) is 11.6 Å². The molecule has 1 N–H and O–H groups in total. The molecule has 0 aliphatic carbocycles. The molecule has 1 fully saturated rings. The molecular weight excluding hydrogens is 278 g/mol. The lowest BCUT2D eigenvalue weighted by molar-refractivity contribution is -0.158. The summed E-state index contributed by atoms with van der Waals surface area (Å²) in [6.07, 6.45) is 6.66. The van der Waals surface area contributed by atoms with Crippen LogP contribution in [0.5, 0.6) is 0 Å². The van der Waals surface area contributed by atoms with Gasteiger partial charge in [0.2, 0.25) is 5.91 Å². The summed E-state index contributed by atoms with van der Waals surface area (Å²) >= 11 is 0. The van der Waals surface area contributed by atoms with Crippen molar-refractivity contribution < 1.29 is 14.3 Å². The van der Waals surface area contributed by atoms with Crippen LogP contribution in [-0.4, -0.2) is 23.5 Å². The second-order valence-corrected chi connectivity index (χ2v) is 7.49.